The maximum Gasteiger partial charge on any atom is 0.339 e. The number of nitrogens with zero attached hydrogens (tertiary/aromatic N) is 1. The lowest BCUT2D eigenvalue weighted by Gasteiger charge is -2.28. The summed E-state index contributed by atoms with van der Waals surface area (Å²) in [6.07, 6.45) is 1.75. The maximum atomic E-state index is 12.9. The van der Waals surface area contributed by atoms with E-state index in [2.05, 4.69) is 0 Å². The van der Waals surface area contributed by atoms with Crippen molar-refractivity contribution >= 4 is 41.0 Å². The van der Waals surface area contributed by atoms with Crippen molar-refractivity contribution in [2.75, 3.05) is 13.1 Å². The second-order valence-corrected chi connectivity index (χ2v) is 8.39. The van der Waals surface area contributed by atoms with Crippen molar-refractivity contribution in [3.05, 3.63) is 48.0 Å². The zero-order chi connectivity index (χ0) is 20.1. The first-order valence-electron chi connectivity index (χ1n) is 10.3. The lowest BCUT2D eigenvalue weighted by Crippen LogP contribution is -2.36. The smallest absolute Gasteiger partial charge is 0.339 e. The summed E-state index contributed by atoms with van der Waals surface area (Å²) in [4.78, 5) is 40.0. The predicted octanol–water partition coefficient (Wildman–Crippen LogP) is 2.78. The molecule has 2 aliphatic carbocycles. The van der Waals surface area contributed by atoms with Gasteiger partial charge in [0.05, 0.1) is 17.4 Å². The number of imide groups is 1. The molecule has 3 fully saturated rings. The Morgan fingerprint density at radius 2 is 1.77 bits per heavy atom. The number of likely N-dealkylation sites (tertiary alicyclic amines) is 1. The molecule has 2 aromatic carbocycles. The zero-order valence-electron chi connectivity index (χ0n) is 16.5. The molecule has 1 saturated heterocycles. The number of carbonyl (C=O) groups is 3. The van der Waals surface area contributed by atoms with Gasteiger partial charge in [0.15, 0.2) is 0 Å². The Bertz CT molecular complexity index is 1000. The second-order valence-electron chi connectivity index (χ2n) is 8.39. The Labute approximate surface area is 181 Å². The third-order valence-corrected chi connectivity index (χ3v) is 6.90. The molecule has 5 unspecified atom stereocenters. The number of rotatable bonds is 5. The summed E-state index contributed by atoms with van der Waals surface area (Å²) in [6, 6.07) is 13.3. The fourth-order valence-electron chi connectivity index (χ4n) is 5.67. The number of benzene rings is 2. The lowest BCUT2D eigenvalue weighted by molar-refractivity contribution is -0.141. The van der Waals surface area contributed by atoms with Gasteiger partial charge in [0, 0.05) is 12.5 Å². The van der Waals surface area contributed by atoms with Crippen LogP contribution in [0.25, 0.3) is 10.8 Å². The third kappa shape index (κ3) is 3.10. The molecular formula is C23H25ClN2O4. The molecule has 158 valence electrons. The molecule has 3 aliphatic rings. The molecule has 7 heteroatoms. The molecular weight excluding hydrogens is 404 g/mol. The zero-order valence-corrected chi connectivity index (χ0v) is 17.3. The third-order valence-electron chi connectivity index (χ3n) is 6.90. The van der Waals surface area contributed by atoms with Crippen LogP contribution in [0, 0.1) is 23.7 Å². The van der Waals surface area contributed by atoms with Crippen LogP contribution in [0.15, 0.2) is 42.5 Å². The van der Waals surface area contributed by atoms with Crippen LogP contribution in [0.4, 0.5) is 0 Å². The summed E-state index contributed by atoms with van der Waals surface area (Å²) in [5, 5.41) is 1.85. The summed E-state index contributed by atoms with van der Waals surface area (Å²) in [7, 11) is 0. The summed E-state index contributed by atoms with van der Waals surface area (Å²) < 4.78 is 5.91. The SMILES string of the molecule is Cl.NCCCN1C(=O)C2C3CC(OC(=O)c4cccc5ccccc45)C(C3)C2C1=O. The molecule has 0 aromatic heterocycles. The Hall–Kier alpha value is -2.44. The minimum absolute atomic E-state index is 0. The largest absolute Gasteiger partial charge is 0.458 e. The van der Waals surface area contributed by atoms with Crippen LogP contribution in [0.3, 0.4) is 0 Å². The van der Waals surface area contributed by atoms with E-state index < -0.39 is 0 Å². The van der Waals surface area contributed by atoms with E-state index in [0.717, 1.165) is 17.2 Å². The standard InChI is InChI=1S/C23H24N2O4.ClH/c24-9-4-10-25-21(26)19-14-11-17(20(19)22(25)27)18(12-14)29-23(28)16-8-3-6-13-5-1-2-7-15(13)16;/h1-3,5-8,14,17-20H,4,9-12,24H2;1H. The topological polar surface area (TPSA) is 89.7 Å². The molecule has 1 heterocycles. The summed E-state index contributed by atoms with van der Waals surface area (Å²) in [5.41, 5.74) is 6.09. The van der Waals surface area contributed by atoms with Crippen molar-refractivity contribution in [2.45, 2.75) is 25.4 Å². The molecule has 2 saturated carbocycles. The van der Waals surface area contributed by atoms with Crippen LogP contribution in [-0.4, -0.2) is 41.9 Å². The van der Waals surface area contributed by atoms with Crippen molar-refractivity contribution in [1.82, 2.24) is 4.90 Å². The first-order chi connectivity index (χ1) is 14.1. The highest BCUT2D eigenvalue weighted by Crippen LogP contribution is 2.57. The number of nitrogens with two attached hydrogens (primary N) is 1. The minimum atomic E-state index is -0.354. The summed E-state index contributed by atoms with van der Waals surface area (Å²) in [6.45, 7) is 0.839. The second kappa shape index (κ2) is 8.00. The number of fused-ring (bicyclic) bond motifs is 6. The molecule has 2 N–H and O–H groups in total. The van der Waals surface area contributed by atoms with E-state index in [1.165, 1.54) is 4.90 Å². The molecule has 1 aliphatic heterocycles. The van der Waals surface area contributed by atoms with Crippen molar-refractivity contribution in [1.29, 1.82) is 0 Å². The number of hydrogen-bond donors (Lipinski definition) is 1. The van der Waals surface area contributed by atoms with E-state index in [-0.39, 0.29) is 60.0 Å². The molecule has 30 heavy (non-hydrogen) atoms. The van der Waals surface area contributed by atoms with E-state index in [0.29, 0.717) is 31.5 Å². The van der Waals surface area contributed by atoms with Gasteiger partial charge in [-0.15, -0.1) is 12.4 Å². The average molecular weight is 429 g/mol. The van der Waals surface area contributed by atoms with E-state index in [1.807, 2.05) is 36.4 Å². The average Bonchev–Trinajstić information content (AvgIpc) is 3.38. The van der Waals surface area contributed by atoms with E-state index in [9.17, 15) is 14.4 Å². The molecule has 0 spiro atoms. The molecule has 2 bridgehead atoms. The van der Waals surface area contributed by atoms with E-state index in [1.54, 1.807) is 6.07 Å². The van der Waals surface area contributed by atoms with Gasteiger partial charge in [-0.2, -0.15) is 0 Å². The number of halogens is 1. The monoisotopic (exact) mass is 428 g/mol. The van der Waals surface area contributed by atoms with Crippen molar-refractivity contribution in [3.63, 3.8) is 0 Å². The van der Waals surface area contributed by atoms with Crippen molar-refractivity contribution in [2.24, 2.45) is 29.4 Å². The molecule has 5 rings (SSSR count). The molecule has 2 amide bonds. The van der Waals surface area contributed by atoms with Gasteiger partial charge in [0.1, 0.15) is 6.10 Å². The number of hydrogen-bond acceptors (Lipinski definition) is 5. The number of esters is 1. The Morgan fingerprint density at radius 3 is 2.57 bits per heavy atom. The maximum absolute atomic E-state index is 12.9. The van der Waals surface area contributed by atoms with Gasteiger partial charge >= 0.3 is 5.97 Å². The van der Waals surface area contributed by atoms with E-state index >= 15 is 0 Å². The predicted molar refractivity (Wildman–Crippen MR) is 114 cm³/mol. The fraction of sp³-hybridized carbons (Fsp3) is 0.435. The lowest BCUT2D eigenvalue weighted by atomic mass is 9.79. The Balaban J connectivity index is 0.00000218. The number of ether oxygens (including phenoxy) is 1. The van der Waals surface area contributed by atoms with Gasteiger partial charge in [-0.05, 0) is 48.6 Å². The van der Waals surface area contributed by atoms with Gasteiger partial charge in [-0.25, -0.2) is 4.79 Å². The van der Waals surface area contributed by atoms with Crippen molar-refractivity contribution < 1.29 is 19.1 Å². The fourth-order valence-corrected chi connectivity index (χ4v) is 5.67. The van der Waals surface area contributed by atoms with Crippen LogP contribution in [0.1, 0.15) is 29.6 Å². The van der Waals surface area contributed by atoms with E-state index in [4.69, 9.17) is 10.5 Å². The van der Waals surface area contributed by atoms with Crippen molar-refractivity contribution in [3.8, 4) is 0 Å². The van der Waals surface area contributed by atoms with Crippen LogP contribution < -0.4 is 5.73 Å². The highest BCUT2D eigenvalue weighted by Gasteiger charge is 2.64. The molecule has 0 radical (unpaired) electrons. The van der Waals surface area contributed by atoms with Gasteiger partial charge in [-0.3, -0.25) is 14.5 Å². The highest BCUT2D eigenvalue weighted by molar-refractivity contribution is 6.06. The molecule has 2 aromatic rings. The Kier molecular flexibility index (Phi) is 5.55. The van der Waals surface area contributed by atoms with Crippen LogP contribution in [0.5, 0.6) is 0 Å². The molecule has 5 atom stereocenters. The van der Waals surface area contributed by atoms with Gasteiger partial charge in [0.2, 0.25) is 11.8 Å². The van der Waals surface area contributed by atoms with Crippen LogP contribution in [-0.2, 0) is 14.3 Å². The minimum Gasteiger partial charge on any atom is -0.458 e. The van der Waals surface area contributed by atoms with Crippen LogP contribution in [0.2, 0.25) is 0 Å². The number of carbonyl (C=O) groups excluding carboxylic acids is 3. The quantitative estimate of drug-likeness (QED) is 0.584. The highest BCUT2D eigenvalue weighted by atomic mass is 35.5. The Morgan fingerprint density at radius 1 is 1.03 bits per heavy atom. The summed E-state index contributed by atoms with van der Waals surface area (Å²) >= 11 is 0. The first kappa shape index (κ1) is 20.8. The molecule has 6 nitrogen and oxygen atoms in total. The normalized spacial score (nSPS) is 29.2. The van der Waals surface area contributed by atoms with Crippen LogP contribution >= 0.6 is 12.4 Å². The first-order valence-corrected chi connectivity index (χ1v) is 10.3. The summed E-state index contributed by atoms with van der Waals surface area (Å²) in [5.74, 6) is -1.04. The number of amides is 2. The van der Waals surface area contributed by atoms with Gasteiger partial charge in [-0.1, -0.05) is 36.4 Å². The van der Waals surface area contributed by atoms with Gasteiger partial charge < -0.3 is 10.5 Å². The van der Waals surface area contributed by atoms with Gasteiger partial charge in [0.25, 0.3) is 0 Å².